The van der Waals surface area contributed by atoms with Gasteiger partial charge in [-0.25, -0.2) is 4.68 Å². The summed E-state index contributed by atoms with van der Waals surface area (Å²) in [7, 11) is 1.77. The first-order chi connectivity index (χ1) is 12.7. The van der Waals surface area contributed by atoms with Gasteiger partial charge in [-0.1, -0.05) is 39.7 Å². The third-order valence-electron chi connectivity index (χ3n) is 4.00. The van der Waals surface area contributed by atoms with Gasteiger partial charge in [0, 0.05) is 50.1 Å². The number of nitrogens with one attached hydrogen (secondary N) is 1. The highest BCUT2D eigenvalue weighted by Crippen LogP contribution is 2.24. The van der Waals surface area contributed by atoms with E-state index in [1.165, 1.54) is 0 Å². The van der Waals surface area contributed by atoms with Crippen LogP contribution in [-0.4, -0.2) is 22.9 Å². The highest BCUT2D eigenvalue weighted by atomic mass is 79.9. The van der Waals surface area contributed by atoms with Crippen LogP contribution in [0.15, 0.2) is 68.6 Å². The summed E-state index contributed by atoms with van der Waals surface area (Å²) in [5.74, 6) is 0. The molecule has 2 heterocycles. The second-order valence-electron chi connectivity index (χ2n) is 5.62. The fraction of sp³-hybridized carbons (Fsp3) is 0.0526. The molecule has 26 heavy (non-hydrogen) atoms. The van der Waals surface area contributed by atoms with Crippen LogP contribution >= 0.6 is 38.9 Å². The number of aromatic amines is 1. The second-order valence-corrected chi connectivity index (χ2v) is 7.81. The van der Waals surface area contributed by atoms with Gasteiger partial charge in [-0.2, -0.15) is 5.10 Å². The van der Waals surface area contributed by atoms with Crippen molar-refractivity contribution in [3.63, 3.8) is 0 Å². The minimum Gasteiger partial charge on any atom is -0.361 e. The van der Waals surface area contributed by atoms with E-state index in [1.54, 1.807) is 18.4 Å². The van der Waals surface area contributed by atoms with E-state index in [0.29, 0.717) is 5.02 Å². The van der Waals surface area contributed by atoms with Crippen molar-refractivity contribution >= 4 is 56.0 Å². The van der Waals surface area contributed by atoms with Gasteiger partial charge in [0.1, 0.15) is 0 Å². The lowest BCUT2D eigenvalue weighted by Gasteiger charge is -2.03. The van der Waals surface area contributed by atoms with E-state index < -0.39 is 0 Å². The number of aromatic nitrogens is 2. The molecule has 0 saturated heterocycles. The Morgan fingerprint density at radius 2 is 2.00 bits per heavy atom. The molecule has 0 aliphatic carbocycles. The Morgan fingerprint density at radius 1 is 1.19 bits per heavy atom. The molecule has 0 saturated carbocycles. The van der Waals surface area contributed by atoms with Crippen LogP contribution in [0.5, 0.6) is 0 Å². The van der Waals surface area contributed by atoms with Crippen molar-refractivity contribution in [2.24, 2.45) is 10.1 Å². The van der Waals surface area contributed by atoms with Gasteiger partial charge < -0.3 is 4.98 Å². The maximum Gasteiger partial charge on any atom is 0.205 e. The number of hydrogen-bond donors (Lipinski definition) is 1. The number of hydrogen-bond acceptors (Lipinski definition) is 3. The molecule has 2 aromatic carbocycles. The molecule has 0 bridgehead atoms. The Labute approximate surface area is 167 Å². The van der Waals surface area contributed by atoms with E-state index in [0.717, 1.165) is 37.0 Å². The van der Waals surface area contributed by atoms with E-state index in [4.69, 9.17) is 16.7 Å². The highest BCUT2D eigenvalue weighted by molar-refractivity contribution is 9.10. The quantitative estimate of drug-likeness (QED) is 0.403. The molecule has 4 rings (SSSR count). The number of benzene rings is 2. The zero-order valence-corrected chi connectivity index (χ0v) is 16.9. The predicted molar refractivity (Wildman–Crippen MR) is 113 cm³/mol. The molecule has 0 atom stereocenters. The molecule has 130 valence electrons. The number of thiazole rings is 1. The Hall–Kier alpha value is -2.15. The van der Waals surface area contributed by atoms with Gasteiger partial charge >= 0.3 is 0 Å². The predicted octanol–water partition coefficient (Wildman–Crippen LogP) is 5.53. The summed E-state index contributed by atoms with van der Waals surface area (Å²) in [4.78, 5) is 8.43. The van der Waals surface area contributed by atoms with Crippen molar-refractivity contribution in [1.29, 1.82) is 0 Å². The normalized spacial score (nSPS) is 12.5. The summed E-state index contributed by atoms with van der Waals surface area (Å²) in [5.41, 5.74) is 4.11. The van der Waals surface area contributed by atoms with Crippen LogP contribution in [0.25, 0.3) is 22.2 Å². The van der Waals surface area contributed by atoms with E-state index in [-0.39, 0.29) is 0 Å². The van der Waals surface area contributed by atoms with Crippen LogP contribution in [0.3, 0.4) is 0 Å². The van der Waals surface area contributed by atoms with Gasteiger partial charge in [0.15, 0.2) is 0 Å². The molecule has 4 aromatic rings. The van der Waals surface area contributed by atoms with Crippen LogP contribution < -0.4 is 4.80 Å². The molecule has 0 radical (unpaired) electrons. The topological polar surface area (TPSA) is 45.4 Å². The molecule has 0 unspecified atom stereocenters. The van der Waals surface area contributed by atoms with Crippen molar-refractivity contribution in [1.82, 2.24) is 9.66 Å². The first-order valence-corrected chi connectivity index (χ1v) is 9.91. The first-order valence-electron chi connectivity index (χ1n) is 7.86. The van der Waals surface area contributed by atoms with Crippen molar-refractivity contribution < 1.29 is 0 Å². The van der Waals surface area contributed by atoms with Crippen LogP contribution in [-0.2, 0) is 0 Å². The van der Waals surface area contributed by atoms with Gasteiger partial charge in [-0.05, 0) is 30.3 Å². The fourth-order valence-corrected chi connectivity index (χ4v) is 4.01. The monoisotopic (exact) mass is 444 g/mol. The molecule has 1 N–H and O–H groups in total. The minimum atomic E-state index is 0.712. The second kappa shape index (κ2) is 7.23. The molecular weight excluding hydrogens is 432 g/mol. The Bertz CT molecular complexity index is 1170. The maximum absolute atomic E-state index is 6.01. The maximum atomic E-state index is 6.01. The zero-order valence-electron chi connectivity index (χ0n) is 13.8. The standard InChI is InChI=1S/C19H14BrClN4S/c1-22-19-25(18(11-26-19)12-2-5-15(21)6-3-12)24-10-13-9-23-17-7-4-14(20)8-16(13)17/h2-11,23H,1H3. The summed E-state index contributed by atoms with van der Waals surface area (Å²) in [6.45, 7) is 0. The Kier molecular flexibility index (Phi) is 4.80. The molecule has 0 amide bonds. The number of halogens is 2. The van der Waals surface area contributed by atoms with E-state index in [9.17, 15) is 0 Å². The first kappa shape index (κ1) is 17.3. The van der Waals surface area contributed by atoms with Crippen molar-refractivity contribution in [2.75, 3.05) is 7.05 Å². The van der Waals surface area contributed by atoms with Crippen LogP contribution in [0.1, 0.15) is 5.56 Å². The van der Waals surface area contributed by atoms with Crippen molar-refractivity contribution in [2.45, 2.75) is 0 Å². The van der Waals surface area contributed by atoms with Crippen molar-refractivity contribution in [3.8, 4) is 11.3 Å². The average Bonchev–Trinajstić information content (AvgIpc) is 3.24. The van der Waals surface area contributed by atoms with Gasteiger partial charge in [0.25, 0.3) is 0 Å². The molecule has 0 aliphatic heterocycles. The van der Waals surface area contributed by atoms with Crippen LogP contribution in [0.4, 0.5) is 0 Å². The minimum absolute atomic E-state index is 0.712. The Balaban J connectivity index is 1.80. The molecular formula is C19H14BrClN4S. The summed E-state index contributed by atoms with van der Waals surface area (Å²) in [6, 6.07) is 13.9. The summed E-state index contributed by atoms with van der Waals surface area (Å²) in [6.07, 6.45) is 3.81. The molecule has 0 aliphatic rings. The highest BCUT2D eigenvalue weighted by Gasteiger charge is 2.08. The molecule has 7 heteroatoms. The summed E-state index contributed by atoms with van der Waals surface area (Å²) >= 11 is 11.1. The van der Waals surface area contributed by atoms with E-state index in [1.807, 2.05) is 53.5 Å². The van der Waals surface area contributed by atoms with E-state index >= 15 is 0 Å². The third-order valence-corrected chi connectivity index (χ3v) is 5.66. The third kappa shape index (κ3) is 3.28. The lowest BCUT2D eigenvalue weighted by atomic mass is 10.2. The zero-order chi connectivity index (χ0) is 18.1. The molecule has 0 fully saturated rings. The van der Waals surface area contributed by atoms with Gasteiger partial charge in [-0.3, -0.25) is 4.99 Å². The Morgan fingerprint density at radius 3 is 2.77 bits per heavy atom. The van der Waals surface area contributed by atoms with Crippen LogP contribution in [0.2, 0.25) is 5.02 Å². The van der Waals surface area contributed by atoms with Gasteiger partial charge in [0.2, 0.25) is 4.80 Å². The number of H-pyrrole nitrogens is 1. The SMILES string of the molecule is CN=c1scc(-c2ccc(Cl)cc2)n1N=Cc1c[nH]c2ccc(Br)cc12. The molecule has 0 spiro atoms. The number of nitrogens with zero attached hydrogens (tertiary/aromatic N) is 3. The number of rotatable bonds is 3. The lowest BCUT2D eigenvalue weighted by molar-refractivity contribution is 0.848. The van der Waals surface area contributed by atoms with Gasteiger partial charge in [0.05, 0.1) is 11.9 Å². The number of fused-ring (bicyclic) bond motifs is 1. The molecule has 4 nitrogen and oxygen atoms in total. The van der Waals surface area contributed by atoms with Gasteiger partial charge in [-0.15, -0.1) is 11.3 Å². The van der Waals surface area contributed by atoms with E-state index in [2.05, 4.69) is 37.4 Å². The summed E-state index contributed by atoms with van der Waals surface area (Å²) < 4.78 is 2.89. The van der Waals surface area contributed by atoms with Crippen LogP contribution in [0, 0.1) is 0 Å². The average molecular weight is 446 g/mol. The fourth-order valence-electron chi connectivity index (χ4n) is 2.72. The smallest absolute Gasteiger partial charge is 0.205 e. The molecule has 2 aromatic heterocycles. The lowest BCUT2D eigenvalue weighted by Crippen LogP contribution is -2.11. The largest absolute Gasteiger partial charge is 0.361 e. The van der Waals surface area contributed by atoms with Crippen molar-refractivity contribution in [3.05, 3.63) is 73.9 Å². The summed E-state index contributed by atoms with van der Waals surface area (Å²) in [5, 5.41) is 8.57.